The molecule has 0 N–H and O–H groups in total. The van der Waals surface area contributed by atoms with E-state index < -0.39 is 10.8 Å². The van der Waals surface area contributed by atoms with E-state index in [9.17, 15) is 8.60 Å². The Morgan fingerprint density at radius 2 is 1.88 bits per heavy atom. The Morgan fingerprint density at radius 1 is 1.24 bits per heavy atom. The summed E-state index contributed by atoms with van der Waals surface area (Å²) in [4.78, 5) is 0.775. The molecule has 0 aliphatic heterocycles. The highest BCUT2D eigenvalue weighted by Crippen LogP contribution is 2.32. The van der Waals surface area contributed by atoms with Gasteiger partial charge in [-0.05, 0) is 43.0 Å². The molecule has 1 aromatic rings. The van der Waals surface area contributed by atoms with Crippen LogP contribution in [0.2, 0.25) is 0 Å². The Balaban J connectivity index is 2.15. The Morgan fingerprint density at radius 3 is 2.53 bits per heavy atom. The molecule has 1 fully saturated rings. The number of halogens is 1. The van der Waals surface area contributed by atoms with Gasteiger partial charge in [0.2, 0.25) is 0 Å². The average Bonchev–Trinajstić information content (AvgIpc) is 2.39. The first kappa shape index (κ1) is 12.7. The summed E-state index contributed by atoms with van der Waals surface area (Å²) in [5.74, 6) is 0.302. The summed E-state index contributed by atoms with van der Waals surface area (Å²) in [6.45, 7) is 2.17. The van der Waals surface area contributed by atoms with Crippen LogP contribution < -0.4 is 0 Å². The second-order valence-corrected chi connectivity index (χ2v) is 6.41. The third kappa shape index (κ3) is 2.95. The normalized spacial score (nSPS) is 26.7. The van der Waals surface area contributed by atoms with Gasteiger partial charge in [0.15, 0.2) is 0 Å². The zero-order valence-corrected chi connectivity index (χ0v) is 11.0. The highest BCUT2D eigenvalue weighted by molar-refractivity contribution is 7.85. The lowest BCUT2D eigenvalue weighted by atomic mass is 9.87. The molecule has 17 heavy (non-hydrogen) atoms. The van der Waals surface area contributed by atoms with Gasteiger partial charge in [-0.25, -0.2) is 4.39 Å². The van der Waals surface area contributed by atoms with Crippen LogP contribution in [0, 0.1) is 11.7 Å². The van der Waals surface area contributed by atoms with Crippen molar-refractivity contribution in [3.05, 3.63) is 30.1 Å². The van der Waals surface area contributed by atoms with Crippen molar-refractivity contribution in [3.8, 4) is 0 Å². The maximum absolute atomic E-state index is 12.8. The minimum atomic E-state index is -0.975. The summed E-state index contributed by atoms with van der Waals surface area (Å²) < 4.78 is 25.3. The van der Waals surface area contributed by atoms with E-state index in [-0.39, 0.29) is 11.1 Å². The van der Waals surface area contributed by atoms with E-state index in [0.29, 0.717) is 5.92 Å². The smallest absolute Gasteiger partial charge is 0.123 e. The lowest BCUT2D eigenvalue weighted by molar-refractivity contribution is 0.355. The van der Waals surface area contributed by atoms with Gasteiger partial charge in [0.05, 0.1) is 10.8 Å². The second kappa shape index (κ2) is 5.76. The zero-order valence-electron chi connectivity index (χ0n) is 10.2. The van der Waals surface area contributed by atoms with Gasteiger partial charge in [0.1, 0.15) is 5.82 Å². The highest BCUT2D eigenvalue weighted by Gasteiger charge is 2.29. The van der Waals surface area contributed by atoms with Crippen LogP contribution in [0.15, 0.2) is 29.2 Å². The van der Waals surface area contributed by atoms with Gasteiger partial charge < -0.3 is 0 Å². The van der Waals surface area contributed by atoms with Gasteiger partial charge in [-0.15, -0.1) is 0 Å². The summed E-state index contributed by atoms with van der Waals surface area (Å²) in [7, 11) is -0.975. The minimum absolute atomic E-state index is 0.263. The first-order valence-electron chi connectivity index (χ1n) is 6.38. The highest BCUT2D eigenvalue weighted by atomic mass is 32.2. The molecule has 3 atom stereocenters. The third-order valence-electron chi connectivity index (χ3n) is 3.68. The quantitative estimate of drug-likeness (QED) is 0.799. The third-order valence-corrected chi connectivity index (χ3v) is 5.59. The molecule has 0 amide bonds. The number of hydrogen-bond donors (Lipinski definition) is 0. The van der Waals surface area contributed by atoms with Crippen LogP contribution in [0.5, 0.6) is 0 Å². The van der Waals surface area contributed by atoms with E-state index >= 15 is 0 Å². The Bertz CT molecular complexity index is 388. The largest absolute Gasteiger partial charge is 0.254 e. The van der Waals surface area contributed by atoms with E-state index in [4.69, 9.17) is 0 Å². The van der Waals surface area contributed by atoms with Crippen LogP contribution in [0.1, 0.15) is 39.0 Å². The first-order chi connectivity index (χ1) is 8.22. The number of hydrogen-bond acceptors (Lipinski definition) is 1. The van der Waals surface area contributed by atoms with Crippen molar-refractivity contribution in [2.45, 2.75) is 49.2 Å². The van der Waals surface area contributed by atoms with Gasteiger partial charge in [0, 0.05) is 10.1 Å². The zero-order chi connectivity index (χ0) is 12.3. The summed E-state index contributed by atoms with van der Waals surface area (Å²) in [5, 5.41) is 0.263. The monoisotopic (exact) mass is 254 g/mol. The van der Waals surface area contributed by atoms with E-state index in [1.165, 1.54) is 31.4 Å². The number of benzene rings is 1. The molecule has 94 valence electrons. The summed E-state index contributed by atoms with van der Waals surface area (Å²) in [6, 6.07) is 6.12. The fourth-order valence-electron chi connectivity index (χ4n) is 2.67. The number of rotatable bonds is 3. The molecular weight excluding hydrogens is 235 g/mol. The van der Waals surface area contributed by atoms with Crippen molar-refractivity contribution in [3.63, 3.8) is 0 Å². The molecule has 1 saturated carbocycles. The molecule has 0 bridgehead atoms. The summed E-state index contributed by atoms with van der Waals surface area (Å²) in [5.41, 5.74) is 0. The fraction of sp³-hybridized carbons (Fsp3) is 0.571. The standard InChI is InChI=1S/C14H19FOS/c1-2-11-5-3-4-6-14(11)17(16)13-9-7-12(15)8-10-13/h7-11,14H,2-6H2,1H3. The molecule has 1 aliphatic carbocycles. The average molecular weight is 254 g/mol. The van der Waals surface area contributed by atoms with Crippen LogP contribution in [-0.2, 0) is 10.8 Å². The SMILES string of the molecule is CCC1CCCCC1S(=O)c1ccc(F)cc1. The molecule has 1 nitrogen and oxygen atoms in total. The lowest BCUT2D eigenvalue weighted by Crippen LogP contribution is -2.28. The van der Waals surface area contributed by atoms with Crippen LogP contribution in [0.3, 0.4) is 0 Å². The molecule has 3 unspecified atom stereocenters. The van der Waals surface area contributed by atoms with Crippen molar-refractivity contribution in [1.82, 2.24) is 0 Å². The molecule has 1 aromatic carbocycles. The Kier molecular flexibility index (Phi) is 4.32. The van der Waals surface area contributed by atoms with E-state index in [1.807, 2.05) is 0 Å². The first-order valence-corrected chi connectivity index (χ1v) is 7.60. The van der Waals surface area contributed by atoms with Crippen molar-refractivity contribution < 1.29 is 8.60 Å². The van der Waals surface area contributed by atoms with Crippen LogP contribution in [0.25, 0.3) is 0 Å². The van der Waals surface area contributed by atoms with Crippen molar-refractivity contribution in [2.75, 3.05) is 0 Å². The van der Waals surface area contributed by atoms with Crippen LogP contribution in [0.4, 0.5) is 4.39 Å². The van der Waals surface area contributed by atoms with Gasteiger partial charge >= 0.3 is 0 Å². The second-order valence-electron chi connectivity index (χ2n) is 4.74. The van der Waals surface area contributed by atoms with E-state index in [1.54, 1.807) is 12.1 Å². The lowest BCUT2D eigenvalue weighted by Gasteiger charge is -2.30. The molecule has 0 saturated heterocycles. The van der Waals surface area contributed by atoms with Gasteiger partial charge in [-0.1, -0.05) is 26.2 Å². The molecule has 0 radical (unpaired) electrons. The predicted octanol–water partition coefficient (Wildman–Crippen LogP) is 3.90. The van der Waals surface area contributed by atoms with Crippen molar-refractivity contribution in [2.24, 2.45) is 5.92 Å². The minimum Gasteiger partial charge on any atom is -0.254 e. The van der Waals surface area contributed by atoms with Crippen molar-refractivity contribution in [1.29, 1.82) is 0 Å². The molecule has 0 spiro atoms. The maximum Gasteiger partial charge on any atom is 0.123 e. The molecular formula is C14H19FOS. The van der Waals surface area contributed by atoms with Crippen LogP contribution >= 0.6 is 0 Å². The predicted molar refractivity (Wildman–Crippen MR) is 68.8 cm³/mol. The maximum atomic E-state index is 12.8. The molecule has 0 aromatic heterocycles. The molecule has 1 aliphatic rings. The van der Waals surface area contributed by atoms with Crippen LogP contribution in [-0.4, -0.2) is 9.46 Å². The van der Waals surface area contributed by atoms with Gasteiger partial charge in [-0.2, -0.15) is 0 Å². The van der Waals surface area contributed by atoms with Crippen molar-refractivity contribution >= 4 is 10.8 Å². The van der Waals surface area contributed by atoms with Gasteiger partial charge in [-0.3, -0.25) is 4.21 Å². The topological polar surface area (TPSA) is 17.1 Å². The molecule has 2 rings (SSSR count). The van der Waals surface area contributed by atoms with Gasteiger partial charge in [0.25, 0.3) is 0 Å². The van der Waals surface area contributed by atoms with E-state index in [0.717, 1.165) is 17.7 Å². The Hall–Kier alpha value is -0.700. The molecule has 3 heteroatoms. The Labute approximate surface area is 105 Å². The summed E-state index contributed by atoms with van der Waals surface area (Å²) in [6.07, 6.45) is 5.76. The summed E-state index contributed by atoms with van der Waals surface area (Å²) >= 11 is 0. The van der Waals surface area contributed by atoms with E-state index in [2.05, 4.69) is 6.92 Å². The fourth-order valence-corrected chi connectivity index (χ4v) is 4.48. The molecule has 0 heterocycles.